The molecule has 0 aromatic heterocycles. The summed E-state index contributed by atoms with van der Waals surface area (Å²) in [6, 6.07) is 2.35. The van der Waals surface area contributed by atoms with Crippen molar-refractivity contribution in [1.82, 2.24) is 5.32 Å². The molecule has 2 aliphatic rings. The van der Waals surface area contributed by atoms with E-state index in [1.54, 1.807) is 0 Å². The van der Waals surface area contributed by atoms with Crippen LogP contribution in [0.3, 0.4) is 0 Å². The molecule has 0 aromatic rings. The second-order valence-corrected chi connectivity index (χ2v) is 5.85. The molecule has 19 heavy (non-hydrogen) atoms. The zero-order chi connectivity index (χ0) is 13.6. The smallest absolute Gasteiger partial charge is 0.223 e. The minimum absolute atomic E-state index is 0.0182. The quantitative estimate of drug-likeness (QED) is 0.797. The first-order valence-corrected chi connectivity index (χ1v) is 7.58. The highest BCUT2D eigenvalue weighted by Crippen LogP contribution is 2.27. The van der Waals surface area contributed by atoms with Gasteiger partial charge in [0.05, 0.1) is 18.6 Å². The van der Waals surface area contributed by atoms with Gasteiger partial charge < -0.3 is 10.1 Å². The van der Waals surface area contributed by atoms with Gasteiger partial charge in [0.15, 0.2) is 0 Å². The summed E-state index contributed by atoms with van der Waals surface area (Å²) in [5.74, 6) is -0.0182. The normalized spacial score (nSPS) is 27.0. The Balaban J connectivity index is 1.86. The van der Waals surface area contributed by atoms with E-state index in [1.165, 1.54) is 12.8 Å². The largest absolute Gasteiger partial charge is 0.378 e. The standard InChI is InChI=1S/C15H24N2O2/c16-12-15(8-4-1-2-5-9-15)17-14(18)11-13-7-3-6-10-19-13/h13H,1-11H2,(H,17,18). The maximum absolute atomic E-state index is 12.1. The van der Waals surface area contributed by atoms with Crippen LogP contribution in [0.4, 0.5) is 0 Å². The minimum atomic E-state index is -0.623. The molecule has 1 amide bonds. The molecule has 2 fully saturated rings. The molecule has 0 spiro atoms. The van der Waals surface area contributed by atoms with E-state index in [2.05, 4.69) is 11.4 Å². The van der Waals surface area contributed by atoms with Crippen LogP contribution in [0, 0.1) is 11.3 Å². The van der Waals surface area contributed by atoms with Crippen molar-refractivity contribution in [2.24, 2.45) is 0 Å². The van der Waals surface area contributed by atoms with Crippen LogP contribution in [0.25, 0.3) is 0 Å². The van der Waals surface area contributed by atoms with Crippen LogP contribution in [0.5, 0.6) is 0 Å². The summed E-state index contributed by atoms with van der Waals surface area (Å²) in [6.07, 6.45) is 9.66. The van der Waals surface area contributed by atoms with Crippen molar-refractivity contribution in [2.45, 2.75) is 75.9 Å². The van der Waals surface area contributed by atoms with Crippen molar-refractivity contribution in [3.63, 3.8) is 0 Å². The number of carbonyl (C=O) groups is 1. The summed E-state index contributed by atoms with van der Waals surface area (Å²) in [6.45, 7) is 0.765. The zero-order valence-corrected chi connectivity index (χ0v) is 11.6. The van der Waals surface area contributed by atoms with E-state index in [0.29, 0.717) is 6.42 Å². The molecule has 4 heteroatoms. The molecule has 106 valence electrons. The molecule has 1 saturated carbocycles. The van der Waals surface area contributed by atoms with Crippen molar-refractivity contribution in [3.05, 3.63) is 0 Å². The minimum Gasteiger partial charge on any atom is -0.378 e. The van der Waals surface area contributed by atoms with E-state index in [-0.39, 0.29) is 12.0 Å². The molecule has 1 atom stereocenters. The second kappa shape index (κ2) is 6.91. The Morgan fingerprint density at radius 1 is 1.21 bits per heavy atom. The fourth-order valence-corrected chi connectivity index (χ4v) is 3.09. The molecular formula is C15H24N2O2. The number of nitrogens with one attached hydrogen (secondary N) is 1. The number of carbonyl (C=O) groups excluding carboxylic acids is 1. The third kappa shape index (κ3) is 4.21. The van der Waals surface area contributed by atoms with E-state index in [4.69, 9.17) is 4.74 Å². The summed E-state index contributed by atoms with van der Waals surface area (Å²) in [7, 11) is 0. The summed E-state index contributed by atoms with van der Waals surface area (Å²) < 4.78 is 5.59. The van der Waals surface area contributed by atoms with Gasteiger partial charge in [0.1, 0.15) is 5.54 Å². The summed E-state index contributed by atoms with van der Waals surface area (Å²) in [5, 5.41) is 12.4. The van der Waals surface area contributed by atoms with Gasteiger partial charge in [-0.05, 0) is 32.1 Å². The van der Waals surface area contributed by atoms with E-state index < -0.39 is 5.54 Å². The Hall–Kier alpha value is -1.08. The third-order valence-electron chi connectivity index (χ3n) is 4.24. The predicted octanol–water partition coefficient (Wildman–Crippen LogP) is 2.68. The van der Waals surface area contributed by atoms with Crippen molar-refractivity contribution in [3.8, 4) is 6.07 Å². The average Bonchev–Trinajstić information content (AvgIpc) is 2.66. The van der Waals surface area contributed by atoms with Gasteiger partial charge >= 0.3 is 0 Å². The molecule has 2 rings (SSSR count). The van der Waals surface area contributed by atoms with Gasteiger partial charge in [-0.1, -0.05) is 25.7 Å². The molecule has 1 N–H and O–H groups in total. The Bertz CT molecular complexity index is 335. The fraction of sp³-hybridized carbons (Fsp3) is 0.867. The fourth-order valence-electron chi connectivity index (χ4n) is 3.09. The monoisotopic (exact) mass is 264 g/mol. The SMILES string of the molecule is N#CC1(NC(=O)CC2CCCCO2)CCCCCC1. The first-order chi connectivity index (χ1) is 9.24. The van der Waals surface area contributed by atoms with Crippen LogP contribution in [-0.4, -0.2) is 24.2 Å². The van der Waals surface area contributed by atoms with Crippen LogP contribution in [-0.2, 0) is 9.53 Å². The van der Waals surface area contributed by atoms with Gasteiger partial charge in [-0.2, -0.15) is 5.26 Å². The lowest BCUT2D eigenvalue weighted by Gasteiger charge is -2.28. The number of nitrogens with zero attached hydrogens (tertiary/aromatic N) is 1. The molecule has 1 unspecified atom stereocenters. The van der Waals surface area contributed by atoms with E-state index >= 15 is 0 Å². The van der Waals surface area contributed by atoms with Crippen molar-refractivity contribution in [2.75, 3.05) is 6.61 Å². The number of ether oxygens (including phenoxy) is 1. The second-order valence-electron chi connectivity index (χ2n) is 5.85. The van der Waals surface area contributed by atoms with Crippen LogP contribution < -0.4 is 5.32 Å². The number of amides is 1. The number of rotatable bonds is 3. The molecule has 1 saturated heterocycles. The molecule has 1 aliphatic carbocycles. The van der Waals surface area contributed by atoms with Gasteiger partial charge in [-0.25, -0.2) is 0 Å². The van der Waals surface area contributed by atoms with E-state index in [0.717, 1.165) is 51.6 Å². The lowest BCUT2D eigenvalue weighted by atomic mass is 9.91. The Morgan fingerprint density at radius 3 is 2.53 bits per heavy atom. The number of nitriles is 1. The summed E-state index contributed by atoms with van der Waals surface area (Å²) in [4.78, 5) is 12.1. The van der Waals surface area contributed by atoms with Crippen molar-refractivity contribution in [1.29, 1.82) is 5.26 Å². The zero-order valence-electron chi connectivity index (χ0n) is 11.6. The average molecular weight is 264 g/mol. The first-order valence-electron chi connectivity index (χ1n) is 7.58. The Morgan fingerprint density at radius 2 is 1.95 bits per heavy atom. The van der Waals surface area contributed by atoms with Gasteiger partial charge in [-0.3, -0.25) is 4.79 Å². The Labute approximate surface area is 115 Å². The first kappa shape index (κ1) is 14.3. The highest BCUT2D eigenvalue weighted by atomic mass is 16.5. The third-order valence-corrected chi connectivity index (χ3v) is 4.24. The highest BCUT2D eigenvalue weighted by molar-refractivity contribution is 5.77. The van der Waals surface area contributed by atoms with Crippen LogP contribution in [0.15, 0.2) is 0 Å². The van der Waals surface area contributed by atoms with E-state index in [9.17, 15) is 10.1 Å². The molecule has 0 aromatic carbocycles. The lowest BCUT2D eigenvalue weighted by molar-refractivity contribution is -0.126. The van der Waals surface area contributed by atoms with Crippen molar-refractivity contribution >= 4 is 5.91 Å². The molecule has 0 radical (unpaired) electrons. The lowest BCUT2D eigenvalue weighted by Crippen LogP contribution is -2.48. The number of hydrogen-bond donors (Lipinski definition) is 1. The maximum Gasteiger partial charge on any atom is 0.223 e. The van der Waals surface area contributed by atoms with Crippen molar-refractivity contribution < 1.29 is 9.53 Å². The topological polar surface area (TPSA) is 62.1 Å². The number of hydrogen-bond acceptors (Lipinski definition) is 3. The maximum atomic E-state index is 12.1. The Kier molecular flexibility index (Phi) is 5.21. The van der Waals surface area contributed by atoms with Gasteiger partial charge in [-0.15, -0.1) is 0 Å². The van der Waals surface area contributed by atoms with Crippen LogP contribution in [0.2, 0.25) is 0 Å². The predicted molar refractivity (Wildman–Crippen MR) is 72.4 cm³/mol. The summed E-state index contributed by atoms with van der Waals surface area (Å²) in [5.41, 5.74) is -0.623. The molecule has 0 bridgehead atoms. The van der Waals surface area contributed by atoms with Gasteiger partial charge in [0.25, 0.3) is 0 Å². The highest BCUT2D eigenvalue weighted by Gasteiger charge is 2.33. The summed E-state index contributed by atoms with van der Waals surface area (Å²) >= 11 is 0. The van der Waals surface area contributed by atoms with Gasteiger partial charge in [0.2, 0.25) is 5.91 Å². The van der Waals surface area contributed by atoms with Crippen LogP contribution in [0.1, 0.15) is 64.2 Å². The molecule has 1 aliphatic heterocycles. The van der Waals surface area contributed by atoms with Gasteiger partial charge in [0, 0.05) is 6.61 Å². The van der Waals surface area contributed by atoms with Crippen LogP contribution >= 0.6 is 0 Å². The molecule has 4 nitrogen and oxygen atoms in total. The molecular weight excluding hydrogens is 240 g/mol. The molecule has 1 heterocycles. The van der Waals surface area contributed by atoms with E-state index in [1.807, 2.05) is 0 Å².